The molecule has 0 rings (SSSR count). The summed E-state index contributed by atoms with van der Waals surface area (Å²) in [7, 11) is 0. The van der Waals surface area contributed by atoms with E-state index in [0.29, 0.717) is 13.2 Å². The summed E-state index contributed by atoms with van der Waals surface area (Å²) in [5.74, 6) is 2.41. The Hall–Kier alpha value is -0.520. The van der Waals surface area contributed by atoms with Crippen LogP contribution in [-0.2, 0) is 9.47 Å². The standard InChI is InChI=1S/C9H16O2/c1-3-6-10-8-5-9-11-7-4-2/h1H,4-9H2,2H3. The summed E-state index contributed by atoms with van der Waals surface area (Å²) in [5.41, 5.74) is 0. The van der Waals surface area contributed by atoms with E-state index in [0.717, 1.165) is 26.1 Å². The summed E-state index contributed by atoms with van der Waals surface area (Å²) < 4.78 is 10.3. The van der Waals surface area contributed by atoms with Crippen molar-refractivity contribution >= 4 is 0 Å². The molecule has 0 atom stereocenters. The van der Waals surface area contributed by atoms with Crippen LogP contribution in [0.25, 0.3) is 0 Å². The molecule has 0 aliphatic carbocycles. The average molecular weight is 156 g/mol. The fourth-order valence-corrected chi connectivity index (χ4v) is 0.641. The molecule has 0 heterocycles. The van der Waals surface area contributed by atoms with Gasteiger partial charge in [0, 0.05) is 13.2 Å². The summed E-state index contributed by atoms with van der Waals surface area (Å²) in [4.78, 5) is 0. The second-order valence-corrected chi connectivity index (χ2v) is 2.22. The Morgan fingerprint density at radius 1 is 1.18 bits per heavy atom. The highest BCUT2D eigenvalue weighted by Gasteiger charge is 1.87. The van der Waals surface area contributed by atoms with Crippen molar-refractivity contribution < 1.29 is 9.47 Å². The van der Waals surface area contributed by atoms with Gasteiger partial charge in [0.25, 0.3) is 0 Å². The highest BCUT2D eigenvalue weighted by molar-refractivity contribution is 4.82. The molecular weight excluding hydrogens is 140 g/mol. The number of hydrogen-bond donors (Lipinski definition) is 0. The maximum Gasteiger partial charge on any atom is 0.107 e. The smallest absolute Gasteiger partial charge is 0.107 e. The molecule has 2 nitrogen and oxygen atoms in total. The van der Waals surface area contributed by atoms with Crippen molar-refractivity contribution in [2.45, 2.75) is 19.8 Å². The zero-order valence-corrected chi connectivity index (χ0v) is 7.14. The zero-order valence-electron chi connectivity index (χ0n) is 7.14. The normalized spacial score (nSPS) is 9.45. The molecule has 0 aromatic heterocycles. The van der Waals surface area contributed by atoms with E-state index in [9.17, 15) is 0 Å². The Kier molecular flexibility index (Phi) is 9.03. The third-order valence-electron chi connectivity index (χ3n) is 1.11. The quantitative estimate of drug-likeness (QED) is 0.410. The molecule has 0 radical (unpaired) electrons. The second kappa shape index (κ2) is 9.48. The molecule has 0 aliphatic heterocycles. The van der Waals surface area contributed by atoms with Crippen molar-refractivity contribution in [3.05, 3.63) is 0 Å². The van der Waals surface area contributed by atoms with Crippen molar-refractivity contribution in [3.8, 4) is 12.3 Å². The van der Waals surface area contributed by atoms with Gasteiger partial charge < -0.3 is 9.47 Å². The van der Waals surface area contributed by atoms with Crippen LogP contribution in [0, 0.1) is 12.3 Å². The third kappa shape index (κ3) is 9.48. The van der Waals surface area contributed by atoms with Crippen molar-refractivity contribution in [2.75, 3.05) is 26.4 Å². The molecule has 2 heteroatoms. The summed E-state index contributed by atoms with van der Waals surface area (Å²) in [5, 5.41) is 0. The summed E-state index contributed by atoms with van der Waals surface area (Å²) >= 11 is 0. The van der Waals surface area contributed by atoms with E-state index in [-0.39, 0.29) is 0 Å². The molecule has 0 saturated carbocycles. The number of hydrogen-bond acceptors (Lipinski definition) is 2. The molecule has 0 aromatic rings. The van der Waals surface area contributed by atoms with E-state index in [1.807, 2.05) is 0 Å². The molecule has 64 valence electrons. The van der Waals surface area contributed by atoms with Gasteiger partial charge in [0.05, 0.1) is 6.61 Å². The Morgan fingerprint density at radius 3 is 2.55 bits per heavy atom. The highest BCUT2D eigenvalue weighted by Crippen LogP contribution is 1.86. The maximum atomic E-state index is 5.23. The summed E-state index contributed by atoms with van der Waals surface area (Å²) in [6.45, 7) is 4.82. The van der Waals surface area contributed by atoms with Crippen LogP contribution in [-0.4, -0.2) is 26.4 Å². The maximum absolute atomic E-state index is 5.23. The molecule has 0 amide bonds. The van der Waals surface area contributed by atoms with Gasteiger partial charge in [0.1, 0.15) is 6.61 Å². The lowest BCUT2D eigenvalue weighted by atomic mass is 10.5. The van der Waals surface area contributed by atoms with Gasteiger partial charge in [-0.15, -0.1) is 6.42 Å². The minimum absolute atomic E-state index is 0.410. The first kappa shape index (κ1) is 10.5. The van der Waals surface area contributed by atoms with Gasteiger partial charge in [-0.05, 0) is 12.8 Å². The monoisotopic (exact) mass is 156 g/mol. The molecule has 0 aliphatic rings. The van der Waals surface area contributed by atoms with E-state index in [1.165, 1.54) is 0 Å². The molecule has 0 saturated heterocycles. The van der Waals surface area contributed by atoms with Crippen LogP contribution >= 0.6 is 0 Å². The summed E-state index contributed by atoms with van der Waals surface area (Å²) in [6, 6.07) is 0. The van der Waals surface area contributed by atoms with Crippen LogP contribution in [0.3, 0.4) is 0 Å². The van der Waals surface area contributed by atoms with Gasteiger partial charge in [0.15, 0.2) is 0 Å². The lowest BCUT2D eigenvalue weighted by Gasteiger charge is -2.01. The first-order valence-electron chi connectivity index (χ1n) is 4.00. The molecule has 0 fully saturated rings. The molecule has 0 bridgehead atoms. The van der Waals surface area contributed by atoms with Crippen molar-refractivity contribution in [2.24, 2.45) is 0 Å². The van der Waals surface area contributed by atoms with Gasteiger partial charge >= 0.3 is 0 Å². The van der Waals surface area contributed by atoms with Crippen LogP contribution in [0.5, 0.6) is 0 Å². The Morgan fingerprint density at radius 2 is 1.91 bits per heavy atom. The van der Waals surface area contributed by atoms with Gasteiger partial charge in [0.2, 0.25) is 0 Å². The Labute approximate surface area is 68.9 Å². The second-order valence-electron chi connectivity index (χ2n) is 2.22. The first-order valence-corrected chi connectivity index (χ1v) is 4.00. The average Bonchev–Trinajstić information content (AvgIpc) is 2.03. The van der Waals surface area contributed by atoms with Crippen LogP contribution in [0.4, 0.5) is 0 Å². The van der Waals surface area contributed by atoms with Gasteiger partial charge in [-0.25, -0.2) is 0 Å². The first-order chi connectivity index (χ1) is 5.41. The SMILES string of the molecule is C#CCOCCCOCCC. The van der Waals surface area contributed by atoms with E-state index >= 15 is 0 Å². The molecule has 11 heavy (non-hydrogen) atoms. The highest BCUT2D eigenvalue weighted by atomic mass is 16.5. The van der Waals surface area contributed by atoms with E-state index in [2.05, 4.69) is 12.8 Å². The summed E-state index contributed by atoms with van der Waals surface area (Å²) in [6.07, 6.45) is 6.99. The molecule has 0 aromatic carbocycles. The topological polar surface area (TPSA) is 18.5 Å². The third-order valence-corrected chi connectivity index (χ3v) is 1.11. The van der Waals surface area contributed by atoms with E-state index < -0.39 is 0 Å². The Balaban J connectivity index is 2.75. The van der Waals surface area contributed by atoms with Gasteiger partial charge in [-0.2, -0.15) is 0 Å². The van der Waals surface area contributed by atoms with Gasteiger partial charge in [-0.1, -0.05) is 12.8 Å². The fraction of sp³-hybridized carbons (Fsp3) is 0.778. The number of ether oxygens (including phenoxy) is 2. The number of rotatable bonds is 7. The van der Waals surface area contributed by atoms with Crippen molar-refractivity contribution in [1.29, 1.82) is 0 Å². The minimum atomic E-state index is 0.410. The van der Waals surface area contributed by atoms with Gasteiger partial charge in [-0.3, -0.25) is 0 Å². The predicted octanol–water partition coefficient (Wildman–Crippen LogP) is 1.45. The Bertz CT molecular complexity index is 105. The molecule has 0 spiro atoms. The molecular formula is C9H16O2. The van der Waals surface area contributed by atoms with Crippen molar-refractivity contribution in [3.63, 3.8) is 0 Å². The number of terminal acetylenes is 1. The van der Waals surface area contributed by atoms with E-state index in [4.69, 9.17) is 15.9 Å². The lowest BCUT2D eigenvalue weighted by Crippen LogP contribution is -2.01. The zero-order chi connectivity index (χ0) is 8.36. The minimum Gasteiger partial charge on any atom is -0.381 e. The fourth-order valence-electron chi connectivity index (χ4n) is 0.641. The molecule has 0 unspecified atom stereocenters. The largest absolute Gasteiger partial charge is 0.381 e. The van der Waals surface area contributed by atoms with E-state index in [1.54, 1.807) is 0 Å². The van der Waals surface area contributed by atoms with Crippen LogP contribution < -0.4 is 0 Å². The van der Waals surface area contributed by atoms with Crippen LogP contribution in [0.2, 0.25) is 0 Å². The van der Waals surface area contributed by atoms with Crippen LogP contribution in [0.15, 0.2) is 0 Å². The lowest BCUT2D eigenvalue weighted by molar-refractivity contribution is 0.0949. The molecule has 0 N–H and O–H groups in total. The predicted molar refractivity (Wildman–Crippen MR) is 45.4 cm³/mol. The van der Waals surface area contributed by atoms with Crippen LogP contribution in [0.1, 0.15) is 19.8 Å². The van der Waals surface area contributed by atoms with Crippen molar-refractivity contribution in [1.82, 2.24) is 0 Å².